The van der Waals surface area contributed by atoms with Gasteiger partial charge in [-0.1, -0.05) is 6.07 Å². The van der Waals surface area contributed by atoms with E-state index in [9.17, 15) is 4.79 Å². The van der Waals surface area contributed by atoms with Crippen LogP contribution >= 0.6 is 11.3 Å². The first-order chi connectivity index (χ1) is 14.7. The van der Waals surface area contributed by atoms with E-state index in [1.807, 2.05) is 53.9 Å². The molecule has 0 atom stereocenters. The first-order valence-corrected chi connectivity index (χ1v) is 9.95. The molecule has 0 saturated heterocycles. The third-order valence-electron chi connectivity index (χ3n) is 4.52. The molecule has 0 aliphatic carbocycles. The zero-order chi connectivity index (χ0) is 20.5. The van der Waals surface area contributed by atoms with Crippen molar-refractivity contribution in [2.24, 2.45) is 0 Å². The topological polar surface area (TPSA) is 87.5 Å². The molecule has 4 aromatic rings. The minimum Gasteiger partial charge on any atom is -0.466 e. The lowest BCUT2D eigenvalue weighted by atomic mass is 10.2. The van der Waals surface area contributed by atoms with Crippen LogP contribution < -0.4 is 19.5 Å². The van der Waals surface area contributed by atoms with Crippen molar-refractivity contribution in [1.82, 2.24) is 14.8 Å². The Morgan fingerprint density at radius 3 is 2.73 bits per heavy atom. The number of anilines is 1. The molecule has 9 heteroatoms. The molecule has 1 amide bonds. The summed E-state index contributed by atoms with van der Waals surface area (Å²) in [6.45, 7) is 0.202. The Morgan fingerprint density at radius 2 is 1.97 bits per heavy atom. The van der Waals surface area contributed by atoms with Crippen LogP contribution in [-0.4, -0.2) is 34.6 Å². The van der Waals surface area contributed by atoms with Gasteiger partial charge in [0.15, 0.2) is 17.3 Å². The van der Waals surface area contributed by atoms with Crippen LogP contribution in [0.3, 0.4) is 0 Å². The molecule has 150 valence electrons. The van der Waals surface area contributed by atoms with Crippen LogP contribution in [0.5, 0.6) is 17.5 Å². The molecule has 1 aliphatic rings. The number of hydrogen-bond acceptors (Lipinski definition) is 7. The number of nitrogens with zero attached hydrogens (tertiary/aromatic N) is 3. The van der Waals surface area contributed by atoms with E-state index in [4.69, 9.17) is 14.2 Å². The molecule has 0 bridgehead atoms. The van der Waals surface area contributed by atoms with Crippen molar-refractivity contribution in [2.75, 3.05) is 19.2 Å². The number of carbonyl (C=O) groups excluding carboxylic acids is 1. The van der Waals surface area contributed by atoms with Crippen LogP contribution in [-0.2, 0) is 0 Å². The number of methoxy groups -OCH3 is 1. The molecule has 0 radical (unpaired) electrons. The van der Waals surface area contributed by atoms with Gasteiger partial charge in [0.1, 0.15) is 0 Å². The van der Waals surface area contributed by atoms with Crippen LogP contribution in [0.1, 0.15) is 9.67 Å². The summed E-state index contributed by atoms with van der Waals surface area (Å²) in [6.07, 6.45) is 0. The summed E-state index contributed by atoms with van der Waals surface area (Å²) in [5.74, 6) is 1.82. The lowest BCUT2D eigenvalue weighted by molar-refractivity contribution is 0.103. The van der Waals surface area contributed by atoms with Gasteiger partial charge in [-0.05, 0) is 53.9 Å². The van der Waals surface area contributed by atoms with Crippen LogP contribution in [0.25, 0.3) is 17.1 Å². The van der Waals surface area contributed by atoms with Gasteiger partial charge >= 0.3 is 6.01 Å². The van der Waals surface area contributed by atoms with Gasteiger partial charge in [-0.3, -0.25) is 4.79 Å². The molecule has 0 fully saturated rings. The summed E-state index contributed by atoms with van der Waals surface area (Å²) >= 11 is 1.40. The van der Waals surface area contributed by atoms with Crippen molar-refractivity contribution in [3.05, 3.63) is 64.9 Å². The van der Waals surface area contributed by atoms with E-state index in [1.54, 1.807) is 10.7 Å². The van der Waals surface area contributed by atoms with Crippen LogP contribution in [0.4, 0.5) is 5.69 Å². The van der Waals surface area contributed by atoms with Crippen LogP contribution in [0.15, 0.2) is 60.0 Å². The molecule has 8 nitrogen and oxygen atoms in total. The highest BCUT2D eigenvalue weighted by Gasteiger charge is 2.19. The minimum atomic E-state index is -0.138. The Hall–Kier alpha value is -3.85. The fourth-order valence-electron chi connectivity index (χ4n) is 3.07. The molecule has 0 spiro atoms. The largest absolute Gasteiger partial charge is 0.466 e. The SMILES string of the molecule is COc1nc(-c2ccc3c(c2)OCO3)n(-c2ccc(NC(=O)c3cccs3)cc2)n1. The van der Waals surface area contributed by atoms with E-state index in [0.29, 0.717) is 27.9 Å². The summed E-state index contributed by atoms with van der Waals surface area (Å²) in [5, 5.41) is 9.18. The van der Waals surface area contributed by atoms with Crippen LogP contribution in [0.2, 0.25) is 0 Å². The molecule has 1 N–H and O–H groups in total. The minimum absolute atomic E-state index is 0.138. The van der Waals surface area contributed by atoms with Crippen molar-refractivity contribution in [2.45, 2.75) is 0 Å². The van der Waals surface area contributed by atoms with Crippen molar-refractivity contribution in [1.29, 1.82) is 0 Å². The maximum Gasteiger partial charge on any atom is 0.336 e. The molecule has 2 aromatic carbocycles. The maximum atomic E-state index is 12.2. The van der Waals surface area contributed by atoms with E-state index >= 15 is 0 Å². The van der Waals surface area contributed by atoms with Crippen LogP contribution in [0, 0.1) is 0 Å². The average Bonchev–Trinajstić information content (AvgIpc) is 3.54. The van der Waals surface area contributed by atoms with Crippen molar-refractivity contribution in [3.63, 3.8) is 0 Å². The summed E-state index contributed by atoms with van der Waals surface area (Å²) in [5.41, 5.74) is 2.27. The molecule has 30 heavy (non-hydrogen) atoms. The molecule has 5 rings (SSSR count). The number of fused-ring (bicyclic) bond motifs is 1. The smallest absolute Gasteiger partial charge is 0.336 e. The summed E-state index contributed by atoms with van der Waals surface area (Å²) in [6, 6.07) is 16.8. The summed E-state index contributed by atoms with van der Waals surface area (Å²) < 4.78 is 17.8. The number of hydrogen-bond donors (Lipinski definition) is 1. The van der Waals surface area contributed by atoms with E-state index in [0.717, 1.165) is 11.3 Å². The molecule has 3 heterocycles. The van der Waals surface area contributed by atoms with Crippen molar-refractivity contribution in [3.8, 4) is 34.6 Å². The average molecular weight is 420 g/mol. The number of rotatable bonds is 5. The summed E-state index contributed by atoms with van der Waals surface area (Å²) in [7, 11) is 1.52. The van der Waals surface area contributed by atoms with Gasteiger partial charge in [0, 0.05) is 11.3 Å². The predicted octanol–water partition coefficient (Wildman–Crippen LogP) is 3.99. The third kappa shape index (κ3) is 3.35. The Morgan fingerprint density at radius 1 is 1.13 bits per heavy atom. The molecular formula is C21H16N4O4S. The molecule has 0 saturated carbocycles. The number of thiophene rings is 1. The third-order valence-corrected chi connectivity index (χ3v) is 5.38. The molecule has 2 aromatic heterocycles. The number of carbonyl (C=O) groups is 1. The lowest BCUT2D eigenvalue weighted by Crippen LogP contribution is -2.10. The first-order valence-electron chi connectivity index (χ1n) is 9.07. The van der Waals surface area contributed by atoms with E-state index in [2.05, 4.69) is 15.4 Å². The van der Waals surface area contributed by atoms with Gasteiger partial charge < -0.3 is 19.5 Å². The van der Waals surface area contributed by atoms with Gasteiger partial charge in [-0.2, -0.15) is 4.98 Å². The monoisotopic (exact) mass is 420 g/mol. The normalized spacial score (nSPS) is 12.0. The highest BCUT2D eigenvalue weighted by molar-refractivity contribution is 7.12. The Bertz CT molecular complexity index is 1200. The summed E-state index contributed by atoms with van der Waals surface area (Å²) in [4.78, 5) is 17.4. The Labute approximate surface area is 175 Å². The molecule has 0 unspecified atom stereocenters. The highest BCUT2D eigenvalue weighted by atomic mass is 32.1. The number of benzene rings is 2. The van der Waals surface area contributed by atoms with Gasteiger partial charge in [-0.25, -0.2) is 4.68 Å². The van der Waals surface area contributed by atoms with E-state index < -0.39 is 0 Å². The number of ether oxygens (including phenoxy) is 3. The molecule has 1 aliphatic heterocycles. The second-order valence-corrected chi connectivity index (χ2v) is 7.33. The van der Waals surface area contributed by atoms with Crippen molar-refractivity contribution >= 4 is 22.9 Å². The zero-order valence-corrected chi connectivity index (χ0v) is 16.7. The first kappa shape index (κ1) is 18.2. The highest BCUT2D eigenvalue weighted by Crippen LogP contribution is 2.36. The number of amides is 1. The fourth-order valence-corrected chi connectivity index (χ4v) is 3.69. The predicted molar refractivity (Wildman–Crippen MR) is 112 cm³/mol. The fraction of sp³-hybridized carbons (Fsp3) is 0.0952. The van der Waals surface area contributed by atoms with E-state index in [1.165, 1.54) is 18.4 Å². The quantitative estimate of drug-likeness (QED) is 0.525. The van der Waals surface area contributed by atoms with Gasteiger partial charge in [0.2, 0.25) is 6.79 Å². The number of nitrogens with one attached hydrogen (secondary N) is 1. The zero-order valence-electron chi connectivity index (χ0n) is 15.9. The van der Waals surface area contributed by atoms with Gasteiger partial charge in [0.25, 0.3) is 5.91 Å². The van der Waals surface area contributed by atoms with E-state index in [-0.39, 0.29) is 18.7 Å². The maximum absolute atomic E-state index is 12.2. The Kier molecular flexibility index (Phi) is 4.56. The Balaban J connectivity index is 1.45. The standard InChI is InChI=1S/C21H16N4O4S/c1-27-21-23-19(13-4-9-16-17(11-13)29-12-28-16)25(24-21)15-7-5-14(6-8-15)22-20(26)18-3-2-10-30-18/h2-11H,12H2,1H3,(H,22,26). The van der Waals surface area contributed by atoms with Crippen molar-refractivity contribution < 1.29 is 19.0 Å². The molecular weight excluding hydrogens is 404 g/mol. The second-order valence-electron chi connectivity index (χ2n) is 6.38. The lowest BCUT2D eigenvalue weighted by Gasteiger charge is -2.08. The number of aromatic nitrogens is 3. The second kappa shape index (κ2) is 7.53. The van der Waals surface area contributed by atoms with Gasteiger partial charge in [0.05, 0.1) is 17.7 Å². The van der Waals surface area contributed by atoms with Gasteiger partial charge in [-0.15, -0.1) is 16.4 Å².